The van der Waals surface area contributed by atoms with E-state index in [0.717, 1.165) is 35.1 Å². The van der Waals surface area contributed by atoms with Crippen molar-refractivity contribution in [3.8, 4) is 17.1 Å². The highest BCUT2D eigenvalue weighted by atomic mass is 32.1. The number of aromatic nitrogens is 2. The zero-order valence-electron chi connectivity index (χ0n) is 12.8. The van der Waals surface area contributed by atoms with Gasteiger partial charge in [-0.3, -0.25) is 0 Å². The van der Waals surface area contributed by atoms with E-state index < -0.39 is 0 Å². The van der Waals surface area contributed by atoms with Crippen LogP contribution in [-0.4, -0.2) is 16.5 Å². The Bertz CT molecular complexity index is 816. The number of hydrogen-bond acceptors (Lipinski definition) is 5. The molecule has 0 radical (unpaired) electrons. The molecule has 1 atom stereocenters. The van der Waals surface area contributed by atoms with Gasteiger partial charge in [-0.05, 0) is 30.0 Å². The molecule has 1 aromatic heterocycles. The summed E-state index contributed by atoms with van der Waals surface area (Å²) >= 11 is 1.41. The quantitative estimate of drug-likeness (QED) is 0.777. The predicted molar refractivity (Wildman–Crippen MR) is 93.0 cm³/mol. The number of methoxy groups -OCH3 is 1. The van der Waals surface area contributed by atoms with Crippen LogP contribution >= 0.6 is 11.5 Å². The summed E-state index contributed by atoms with van der Waals surface area (Å²) in [5.41, 5.74) is 3.66. The molecule has 5 heteroatoms. The van der Waals surface area contributed by atoms with Crippen LogP contribution in [0.2, 0.25) is 0 Å². The van der Waals surface area contributed by atoms with Gasteiger partial charge in [-0.15, -0.1) is 0 Å². The van der Waals surface area contributed by atoms with E-state index in [2.05, 4.69) is 20.7 Å². The predicted octanol–water partition coefficient (Wildman–Crippen LogP) is 4.31. The second kappa shape index (κ2) is 6.01. The van der Waals surface area contributed by atoms with Crippen LogP contribution in [0, 0.1) is 0 Å². The number of nitrogens with zero attached hydrogens (tertiary/aromatic N) is 2. The lowest BCUT2D eigenvalue weighted by atomic mass is 10.1. The summed E-state index contributed by atoms with van der Waals surface area (Å²) in [7, 11) is 1.73. The fourth-order valence-corrected chi connectivity index (χ4v) is 3.74. The van der Waals surface area contributed by atoms with Gasteiger partial charge in [0.25, 0.3) is 0 Å². The molecule has 0 amide bonds. The van der Waals surface area contributed by atoms with E-state index in [1.807, 2.05) is 42.5 Å². The molecule has 0 saturated carbocycles. The fraction of sp³-hybridized carbons (Fsp3) is 0.222. The van der Waals surface area contributed by atoms with Crippen LogP contribution in [0.5, 0.6) is 5.75 Å². The summed E-state index contributed by atoms with van der Waals surface area (Å²) in [6.07, 6.45) is 2.08. The molecule has 2 aromatic carbocycles. The van der Waals surface area contributed by atoms with E-state index in [-0.39, 0.29) is 6.04 Å². The zero-order valence-corrected chi connectivity index (χ0v) is 13.6. The Kier molecular flexibility index (Phi) is 3.71. The van der Waals surface area contributed by atoms with Crippen LogP contribution in [0.4, 0.5) is 5.13 Å². The smallest absolute Gasteiger partial charge is 0.203 e. The third kappa shape index (κ3) is 2.68. The Morgan fingerprint density at radius 1 is 1.13 bits per heavy atom. The molecule has 116 valence electrons. The maximum atomic E-state index is 5.46. The fourth-order valence-electron chi connectivity index (χ4n) is 3.10. The number of benzene rings is 2. The second-order valence-corrected chi connectivity index (χ2v) is 6.30. The molecule has 1 heterocycles. The van der Waals surface area contributed by atoms with Gasteiger partial charge in [0, 0.05) is 17.1 Å². The van der Waals surface area contributed by atoms with Crippen LogP contribution in [-0.2, 0) is 6.42 Å². The molecular weight excluding hydrogens is 306 g/mol. The molecule has 1 aliphatic carbocycles. The van der Waals surface area contributed by atoms with Crippen LogP contribution in [0.3, 0.4) is 0 Å². The first kappa shape index (κ1) is 14.2. The Labute approximate surface area is 139 Å². The van der Waals surface area contributed by atoms with Gasteiger partial charge in [0.15, 0.2) is 5.82 Å². The van der Waals surface area contributed by atoms with Crippen molar-refractivity contribution in [2.24, 2.45) is 0 Å². The van der Waals surface area contributed by atoms with Gasteiger partial charge in [0.05, 0.1) is 13.2 Å². The normalized spacial score (nSPS) is 16.1. The van der Waals surface area contributed by atoms with E-state index in [9.17, 15) is 0 Å². The highest BCUT2D eigenvalue weighted by molar-refractivity contribution is 7.09. The number of nitrogens with one attached hydrogen (secondary N) is 1. The molecule has 1 N–H and O–H groups in total. The lowest BCUT2D eigenvalue weighted by Gasteiger charge is -2.13. The number of anilines is 1. The van der Waals surface area contributed by atoms with Crippen LogP contribution in [0.1, 0.15) is 23.6 Å². The van der Waals surface area contributed by atoms with Crippen molar-refractivity contribution in [3.05, 3.63) is 59.7 Å². The molecular formula is C18H17N3OS. The van der Waals surface area contributed by atoms with Gasteiger partial charge in [-0.1, -0.05) is 42.5 Å². The Balaban J connectivity index is 1.56. The third-order valence-corrected chi connectivity index (χ3v) is 4.85. The topological polar surface area (TPSA) is 47.0 Å². The maximum Gasteiger partial charge on any atom is 0.203 e. The molecule has 0 fully saturated rings. The summed E-state index contributed by atoms with van der Waals surface area (Å²) in [4.78, 5) is 4.62. The minimum atomic E-state index is 0.275. The molecule has 3 aromatic rings. The monoisotopic (exact) mass is 323 g/mol. The lowest BCUT2D eigenvalue weighted by molar-refractivity contribution is 0.410. The third-order valence-electron chi connectivity index (χ3n) is 4.20. The van der Waals surface area contributed by atoms with Crippen LogP contribution in [0.15, 0.2) is 48.5 Å². The van der Waals surface area contributed by atoms with Crippen molar-refractivity contribution in [3.63, 3.8) is 0 Å². The van der Waals surface area contributed by atoms with Crippen molar-refractivity contribution in [1.29, 1.82) is 0 Å². The summed E-state index contributed by atoms with van der Waals surface area (Å²) in [5, 5.41) is 4.39. The zero-order chi connectivity index (χ0) is 15.6. The molecule has 0 bridgehead atoms. The Morgan fingerprint density at radius 3 is 2.83 bits per heavy atom. The number of fused-ring (bicyclic) bond motifs is 1. The molecule has 0 saturated heterocycles. The summed E-state index contributed by atoms with van der Waals surface area (Å²) in [5.74, 6) is 1.76. The van der Waals surface area contributed by atoms with Gasteiger partial charge in [-0.2, -0.15) is 9.36 Å². The number of ether oxygens (including phenoxy) is 1. The Hall–Kier alpha value is -2.40. The van der Waals surface area contributed by atoms with Crippen molar-refractivity contribution >= 4 is 16.7 Å². The van der Waals surface area contributed by atoms with Gasteiger partial charge in [-0.25, -0.2) is 0 Å². The maximum absolute atomic E-state index is 5.46. The van der Waals surface area contributed by atoms with Crippen LogP contribution in [0.25, 0.3) is 11.4 Å². The van der Waals surface area contributed by atoms with Crippen molar-refractivity contribution in [1.82, 2.24) is 9.36 Å². The molecule has 23 heavy (non-hydrogen) atoms. The van der Waals surface area contributed by atoms with Crippen molar-refractivity contribution in [2.75, 3.05) is 12.4 Å². The molecule has 1 unspecified atom stereocenters. The standard InChI is InChI=1S/C18H17N3OS/c1-22-16-9-5-8-13-14(16)10-11-15(13)19-18-20-17(21-23-18)12-6-3-2-4-7-12/h2-9,15H,10-11H2,1H3,(H,19,20,21). The average Bonchev–Trinajstić information content (AvgIpc) is 3.23. The van der Waals surface area contributed by atoms with E-state index >= 15 is 0 Å². The first-order valence-electron chi connectivity index (χ1n) is 7.66. The molecule has 4 rings (SSSR count). The van der Waals surface area contributed by atoms with Gasteiger partial charge >= 0.3 is 0 Å². The first-order valence-corrected chi connectivity index (χ1v) is 8.44. The molecule has 0 aliphatic heterocycles. The minimum absolute atomic E-state index is 0.275. The SMILES string of the molecule is COc1cccc2c1CCC2Nc1nc(-c2ccccc2)ns1. The lowest BCUT2D eigenvalue weighted by Crippen LogP contribution is -2.06. The summed E-state index contributed by atoms with van der Waals surface area (Å²) in [6.45, 7) is 0. The molecule has 1 aliphatic rings. The van der Waals surface area contributed by atoms with E-state index in [1.54, 1.807) is 7.11 Å². The van der Waals surface area contributed by atoms with E-state index in [4.69, 9.17) is 4.74 Å². The average molecular weight is 323 g/mol. The molecule has 4 nitrogen and oxygen atoms in total. The highest BCUT2D eigenvalue weighted by Gasteiger charge is 2.25. The van der Waals surface area contributed by atoms with Crippen molar-refractivity contribution in [2.45, 2.75) is 18.9 Å². The van der Waals surface area contributed by atoms with Gasteiger partial charge in [0.2, 0.25) is 5.13 Å². The van der Waals surface area contributed by atoms with Gasteiger partial charge < -0.3 is 10.1 Å². The summed E-state index contributed by atoms with van der Waals surface area (Å²) < 4.78 is 9.93. The number of rotatable bonds is 4. The minimum Gasteiger partial charge on any atom is -0.496 e. The van der Waals surface area contributed by atoms with E-state index in [1.165, 1.54) is 22.7 Å². The molecule has 0 spiro atoms. The highest BCUT2D eigenvalue weighted by Crippen LogP contribution is 2.39. The first-order chi connectivity index (χ1) is 11.3. The largest absolute Gasteiger partial charge is 0.496 e. The Morgan fingerprint density at radius 2 is 2.00 bits per heavy atom. The van der Waals surface area contributed by atoms with E-state index in [0.29, 0.717) is 0 Å². The number of hydrogen-bond donors (Lipinski definition) is 1. The summed E-state index contributed by atoms with van der Waals surface area (Å²) in [6, 6.07) is 16.6. The van der Waals surface area contributed by atoms with Crippen LogP contribution < -0.4 is 10.1 Å². The second-order valence-electron chi connectivity index (χ2n) is 5.55. The van der Waals surface area contributed by atoms with Gasteiger partial charge in [0.1, 0.15) is 5.75 Å². The van der Waals surface area contributed by atoms with Crippen molar-refractivity contribution < 1.29 is 4.74 Å².